The zero-order valence-electron chi connectivity index (χ0n) is 14.2. The van der Waals surface area contributed by atoms with Crippen LogP contribution >= 0.6 is 15.9 Å². The Kier molecular flexibility index (Phi) is 6.76. The first kappa shape index (κ1) is 19.9. The van der Waals surface area contributed by atoms with Crippen LogP contribution in [0.2, 0.25) is 0 Å². The molecule has 7 nitrogen and oxygen atoms in total. The molecule has 0 saturated heterocycles. The highest BCUT2D eigenvalue weighted by Gasteiger charge is 2.20. The van der Waals surface area contributed by atoms with Crippen LogP contribution < -0.4 is 14.5 Å². The third-order valence-corrected chi connectivity index (χ3v) is 4.95. The Morgan fingerprint density at radius 2 is 2.00 bits per heavy atom. The number of halogens is 1. The normalized spacial score (nSPS) is 11.3. The molecule has 0 aliphatic carbocycles. The third kappa shape index (κ3) is 5.57. The van der Waals surface area contributed by atoms with Crippen LogP contribution in [-0.2, 0) is 14.8 Å². The number of para-hydroxylation sites is 1. The maximum absolute atomic E-state index is 12.1. The van der Waals surface area contributed by atoms with Gasteiger partial charge in [-0.05, 0) is 30.3 Å². The first-order valence-corrected chi connectivity index (χ1v) is 10.1. The molecule has 0 aliphatic rings. The van der Waals surface area contributed by atoms with Crippen molar-refractivity contribution >= 4 is 43.8 Å². The monoisotopic (exact) mass is 439 g/mol. The van der Waals surface area contributed by atoms with Crippen molar-refractivity contribution in [3.05, 3.63) is 58.6 Å². The van der Waals surface area contributed by atoms with E-state index in [1.54, 1.807) is 36.4 Å². The van der Waals surface area contributed by atoms with Gasteiger partial charge in [0.2, 0.25) is 10.0 Å². The number of anilines is 1. The Bertz CT molecular complexity index is 916. The summed E-state index contributed by atoms with van der Waals surface area (Å²) in [7, 11) is -2.10. The predicted octanol–water partition coefficient (Wildman–Crippen LogP) is 2.37. The number of nitrogens with one attached hydrogen (secondary N) is 1. The van der Waals surface area contributed by atoms with Gasteiger partial charge in [0, 0.05) is 10.0 Å². The van der Waals surface area contributed by atoms with Gasteiger partial charge in [0.05, 0.1) is 25.3 Å². The van der Waals surface area contributed by atoms with E-state index in [1.165, 1.54) is 13.3 Å². The van der Waals surface area contributed by atoms with E-state index in [9.17, 15) is 13.2 Å². The van der Waals surface area contributed by atoms with Crippen molar-refractivity contribution in [2.24, 2.45) is 5.10 Å². The lowest BCUT2D eigenvalue weighted by Gasteiger charge is -2.21. The van der Waals surface area contributed by atoms with Crippen LogP contribution in [0.15, 0.2) is 58.1 Å². The number of rotatable bonds is 7. The Morgan fingerprint density at radius 3 is 2.65 bits per heavy atom. The summed E-state index contributed by atoms with van der Waals surface area (Å²) in [5.74, 6) is 0.0407. The van der Waals surface area contributed by atoms with E-state index in [-0.39, 0.29) is 0 Å². The summed E-state index contributed by atoms with van der Waals surface area (Å²) in [6, 6.07) is 13.8. The molecule has 0 fully saturated rings. The fourth-order valence-electron chi connectivity index (χ4n) is 2.14. The van der Waals surface area contributed by atoms with Crippen molar-refractivity contribution in [2.75, 3.05) is 24.2 Å². The molecule has 0 spiro atoms. The molecule has 0 unspecified atom stereocenters. The summed E-state index contributed by atoms with van der Waals surface area (Å²) in [5.41, 5.74) is 3.39. The third-order valence-electron chi connectivity index (χ3n) is 3.32. The van der Waals surface area contributed by atoms with Crippen LogP contribution in [0, 0.1) is 0 Å². The van der Waals surface area contributed by atoms with Crippen LogP contribution in [-0.4, -0.2) is 40.4 Å². The Hall–Kier alpha value is -2.39. The number of hydrogen-bond acceptors (Lipinski definition) is 5. The molecule has 0 atom stereocenters. The number of amides is 1. The second-order valence-electron chi connectivity index (χ2n) is 5.28. The van der Waals surface area contributed by atoms with Crippen LogP contribution in [0.25, 0.3) is 0 Å². The van der Waals surface area contributed by atoms with Gasteiger partial charge in [0.25, 0.3) is 5.91 Å². The van der Waals surface area contributed by atoms with Crippen molar-refractivity contribution in [1.29, 1.82) is 0 Å². The maximum Gasteiger partial charge on any atom is 0.260 e. The molecule has 2 rings (SSSR count). The topological polar surface area (TPSA) is 88.1 Å². The first-order chi connectivity index (χ1) is 12.3. The molecular formula is C17H18BrN3O4S. The van der Waals surface area contributed by atoms with E-state index >= 15 is 0 Å². The lowest BCUT2D eigenvalue weighted by Crippen LogP contribution is -2.39. The van der Waals surface area contributed by atoms with Crippen molar-refractivity contribution < 1.29 is 17.9 Å². The first-order valence-electron chi connectivity index (χ1n) is 7.49. The van der Waals surface area contributed by atoms with Gasteiger partial charge in [-0.2, -0.15) is 5.10 Å². The molecule has 0 saturated carbocycles. The van der Waals surface area contributed by atoms with E-state index in [4.69, 9.17) is 4.74 Å². The standard InChI is InChI=1S/C17H18BrN3O4S/c1-25-16-9-4-3-6-13(16)11-19-20-17(22)12-21(26(2,23)24)15-8-5-7-14(18)10-15/h3-11H,12H2,1-2H3,(H,20,22)/b19-11-. The number of sulfonamides is 1. The number of carbonyl (C=O) groups is 1. The second-order valence-corrected chi connectivity index (χ2v) is 8.11. The van der Waals surface area contributed by atoms with Gasteiger partial charge in [-0.25, -0.2) is 13.8 Å². The Morgan fingerprint density at radius 1 is 1.27 bits per heavy atom. The van der Waals surface area contributed by atoms with Crippen molar-refractivity contribution in [3.63, 3.8) is 0 Å². The number of methoxy groups -OCH3 is 1. The van der Waals surface area contributed by atoms with Crippen molar-refractivity contribution in [3.8, 4) is 5.75 Å². The molecule has 2 aromatic carbocycles. The van der Waals surface area contributed by atoms with Gasteiger partial charge in [-0.1, -0.05) is 34.1 Å². The highest BCUT2D eigenvalue weighted by atomic mass is 79.9. The maximum atomic E-state index is 12.1. The van der Waals surface area contributed by atoms with Gasteiger partial charge in [0.15, 0.2) is 0 Å². The molecule has 0 aromatic heterocycles. The largest absolute Gasteiger partial charge is 0.496 e. The molecule has 1 N–H and O–H groups in total. The summed E-state index contributed by atoms with van der Waals surface area (Å²) in [5, 5.41) is 3.86. The summed E-state index contributed by atoms with van der Waals surface area (Å²) in [4.78, 5) is 12.1. The molecule has 1 amide bonds. The van der Waals surface area contributed by atoms with E-state index in [0.717, 1.165) is 10.6 Å². The quantitative estimate of drug-likeness (QED) is 0.529. The minimum Gasteiger partial charge on any atom is -0.496 e. The van der Waals surface area contributed by atoms with Crippen LogP contribution in [0.1, 0.15) is 5.56 Å². The van der Waals surface area contributed by atoms with Crippen LogP contribution in [0.5, 0.6) is 5.75 Å². The molecular weight excluding hydrogens is 422 g/mol. The minimum absolute atomic E-state index is 0.380. The van der Waals surface area contributed by atoms with Gasteiger partial charge >= 0.3 is 0 Å². The lowest BCUT2D eigenvalue weighted by molar-refractivity contribution is -0.119. The predicted molar refractivity (Wildman–Crippen MR) is 105 cm³/mol. The number of hydrazone groups is 1. The zero-order valence-corrected chi connectivity index (χ0v) is 16.6. The average molecular weight is 440 g/mol. The lowest BCUT2D eigenvalue weighted by atomic mass is 10.2. The summed E-state index contributed by atoms with van der Waals surface area (Å²) >= 11 is 3.29. The Balaban J connectivity index is 2.09. The van der Waals surface area contributed by atoms with E-state index in [2.05, 4.69) is 26.5 Å². The highest BCUT2D eigenvalue weighted by Crippen LogP contribution is 2.21. The SMILES string of the molecule is COc1ccccc1/C=N\NC(=O)CN(c1cccc(Br)c1)S(C)(=O)=O. The fraction of sp³-hybridized carbons (Fsp3) is 0.176. The van der Waals surface area contributed by atoms with Gasteiger partial charge < -0.3 is 4.74 Å². The molecule has 0 aliphatic heterocycles. The summed E-state index contributed by atoms with van der Waals surface area (Å²) in [6.07, 6.45) is 2.47. The van der Waals surface area contributed by atoms with Crippen LogP contribution in [0.4, 0.5) is 5.69 Å². The van der Waals surface area contributed by atoms with Gasteiger partial charge in [0.1, 0.15) is 12.3 Å². The number of hydrogen-bond donors (Lipinski definition) is 1. The van der Waals surface area contributed by atoms with Gasteiger partial charge in [-0.3, -0.25) is 9.10 Å². The van der Waals surface area contributed by atoms with E-state index < -0.39 is 22.5 Å². The molecule has 0 bridgehead atoms. The molecule has 2 aromatic rings. The number of nitrogens with zero attached hydrogens (tertiary/aromatic N) is 2. The fourth-order valence-corrected chi connectivity index (χ4v) is 3.38. The highest BCUT2D eigenvalue weighted by molar-refractivity contribution is 9.10. The molecule has 138 valence electrons. The number of ether oxygens (including phenoxy) is 1. The number of benzene rings is 2. The van der Waals surface area contributed by atoms with Crippen molar-refractivity contribution in [2.45, 2.75) is 0 Å². The minimum atomic E-state index is -3.64. The smallest absolute Gasteiger partial charge is 0.260 e. The Labute approximate surface area is 160 Å². The molecule has 9 heteroatoms. The summed E-state index contributed by atoms with van der Waals surface area (Å²) in [6.45, 7) is -0.390. The zero-order chi connectivity index (χ0) is 19.2. The van der Waals surface area contributed by atoms with E-state index in [1.807, 2.05) is 12.1 Å². The second kappa shape index (κ2) is 8.81. The van der Waals surface area contributed by atoms with Crippen molar-refractivity contribution in [1.82, 2.24) is 5.43 Å². The molecule has 26 heavy (non-hydrogen) atoms. The average Bonchev–Trinajstić information content (AvgIpc) is 2.59. The molecule has 0 radical (unpaired) electrons. The summed E-state index contributed by atoms with van der Waals surface area (Å²) < 4.78 is 31.0. The van der Waals surface area contributed by atoms with Gasteiger partial charge in [-0.15, -0.1) is 0 Å². The van der Waals surface area contributed by atoms with E-state index in [0.29, 0.717) is 21.5 Å². The molecule has 0 heterocycles. The number of carbonyl (C=O) groups excluding carboxylic acids is 1. The van der Waals surface area contributed by atoms with Crippen LogP contribution in [0.3, 0.4) is 0 Å².